The fourth-order valence-electron chi connectivity index (χ4n) is 8.12. The molecule has 14 heteroatoms. The zero-order chi connectivity index (χ0) is 38.3. The van der Waals surface area contributed by atoms with E-state index < -0.39 is 10.0 Å². The minimum Gasteiger partial charge on any atom is -0.507 e. The minimum absolute atomic E-state index is 0.0403. The van der Waals surface area contributed by atoms with Crippen molar-refractivity contribution in [1.82, 2.24) is 23.9 Å². The standard InChI is InChI=1S/C23H37N3O4S.C16H21N3O3/c1-5-31(29,30)26-12-10-24(11-13-26)21-6-8-25(9-7-21)23(28)19(4)16-20-14-17(2)22(27)18(3)15-20;1-22-16(21)18-9-7-13(8-10-18)19-11-6-12-4-2-3-5-14(12)17-15(19)20/h14-15,19,21,27H,5-13,16H2,1-4H3;2-5,13H,6-11H2,1H3,(H,17,20)/t19-;/m1./s1. The molecule has 2 N–H and O–H groups in total. The number of benzene rings is 2. The van der Waals surface area contributed by atoms with Crippen molar-refractivity contribution in [3.63, 3.8) is 0 Å². The van der Waals surface area contributed by atoms with Crippen LogP contribution in [0.5, 0.6) is 5.75 Å². The maximum Gasteiger partial charge on any atom is 0.409 e. The lowest BCUT2D eigenvalue weighted by molar-refractivity contribution is -0.136. The van der Waals surface area contributed by atoms with Crippen LogP contribution in [0.1, 0.15) is 61.8 Å². The van der Waals surface area contributed by atoms with Crippen molar-refractivity contribution in [3.8, 4) is 5.75 Å². The molecule has 0 radical (unpaired) electrons. The van der Waals surface area contributed by atoms with Gasteiger partial charge >= 0.3 is 12.1 Å². The number of hydrogen-bond donors (Lipinski definition) is 2. The summed E-state index contributed by atoms with van der Waals surface area (Å²) in [5.74, 6) is 0.593. The zero-order valence-corrected chi connectivity index (χ0v) is 32.9. The van der Waals surface area contributed by atoms with Crippen molar-refractivity contribution in [2.24, 2.45) is 5.92 Å². The molecular formula is C39H58N6O7S. The number of phenols is 1. The first kappa shape index (κ1) is 40.3. The summed E-state index contributed by atoms with van der Waals surface area (Å²) in [5, 5.41) is 13.0. The Labute approximate surface area is 315 Å². The number of sulfonamides is 1. The summed E-state index contributed by atoms with van der Waals surface area (Å²) in [6.45, 7) is 13.6. The van der Waals surface area contributed by atoms with Crippen LogP contribution >= 0.6 is 0 Å². The molecule has 4 heterocycles. The van der Waals surface area contributed by atoms with Crippen LogP contribution in [0.15, 0.2) is 36.4 Å². The second-order valence-corrected chi connectivity index (χ2v) is 17.1. The number of phenolic OH excluding ortho intramolecular Hbond substituents is 1. The monoisotopic (exact) mass is 754 g/mol. The number of para-hydroxylation sites is 1. The van der Waals surface area contributed by atoms with Gasteiger partial charge in [-0.15, -0.1) is 0 Å². The average Bonchev–Trinajstić information content (AvgIpc) is 3.34. The van der Waals surface area contributed by atoms with Crippen LogP contribution in [-0.2, 0) is 32.4 Å². The fourth-order valence-corrected chi connectivity index (χ4v) is 9.21. The van der Waals surface area contributed by atoms with Gasteiger partial charge in [0.1, 0.15) is 5.75 Å². The summed E-state index contributed by atoms with van der Waals surface area (Å²) < 4.78 is 30.5. The van der Waals surface area contributed by atoms with Crippen molar-refractivity contribution in [2.75, 3.05) is 77.1 Å². The van der Waals surface area contributed by atoms with Gasteiger partial charge in [-0.2, -0.15) is 4.31 Å². The normalized spacial score (nSPS) is 20.1. The van der Waals surface area contributed by atoms with Gasteiger partial charge in [-0.3, -0.25) is 9.69 Å². The summed E-state index contributed by atoms with van der Waals surface area (Å²) in [6, 6.07) is 12.4. The van der Waals surface area contributed by atoms with E-state index in [1.807, 2.05) is 60.9 Å². The molecule has 0 unspecified atom stereocenters. The number of methoxy groups -OCH3 is 1. The van der Waals surface area contributed by atoms with Crippen LogP contribution in [-0.4, -0.2) is 139 Å². The lowest BCUT2D eigenvalue weighted by Crippen LogP contribution is -2.55. The molecule has 2 aromatic carbocycles. The number of carbonyl (C=O) groups excluding carboxylic acids is 3. The predicted molar refractivity (Wildman–Crippen MR) is 206 cm³/mol. The van der Waals surface area contributed by atoms with E-state index in [1.165, 1.54) is 12.7 Å². The Kier molecular flexibility index (Phi) is 13.7. The van der Waals surface area contributed by atoms with Gasteiger partial charge in [-0.1, -0.05) is 37.3 Å². The number of rotatable bonds is 7. The number of piperidine rings is 2. The molecule has 4 aliphatic heterocycles. The number of fused-ring (bicyclic) bond motifs is 1. The molecule has 6 rings (SSSR count). The number of aromatic hydroxyl groups is 1. The Bertz CT molecular complexity index is 1670. The largest absolute Gasteiger partial charge is 0.507 e. The molecule has 0 spiro atoms. The van der Waals surface area contributed by atoms with E-state index in [9.17, 15) is 27.9 Å². The number of aryl methyl sites for hydroxylation is 2. The molecule has 292 valence electrons. The van der Waals surface area contributed by atoms with E-state index in [0.717, 1.165) is 80.7 Å². The third kappa shape index (κ3) is 10.0. The van der Waals surface area contributed by atoms with Gasteiger partial charge in [0.2, 0.25) is 15.9 Å². The Morgan fingerprint density at radius 1 is 0.887 bits per heavy atom. The molecule has 4 amide bonds. The highest BCUT2D eigenvalue weighted by molar-refractivity contribution is 7.89. The molecule has 0 saturated carbocycles. The summed E-state index contributed by atoms with van der Waals surface area (Å²) in [5.41, 5.74) is 4.86. The number of nitrogens with one attached hydrogen (secondary N) is 1. The highest BCUT2D eigenvalue weighted by Crippen LogP contribution is 2.27. The molecule has 4 aliphatic rings. The third-order valence-corrected chi connectivity index (χ3v) is 13.2. The Morgan fingerprint density at radius 3 is 2.08 bits per heavy atom. The van der Waals surface area contributed by atoms with E-state index in [4.69, 9.17) is 4.74 Å². The van der Waals surface area contributed by atoms with Crippen molar-refractivity contribution < 1.29 is 32.6 Å². The van der Waals surface area contributed by atoms with E-state index in [0.29, 0.717) is 50.9 Å². The first-order valence-corrected chi connectivity index (χ1v) is 20.7. The van der Waals surface area contributed by atoms with Crippen LogP contribution < -0.4 is 5.32 Å². The molecule has 0 bridgehead atoms. The van der Waals surface area contributed by atoms with Crippen LogP contribution in [0.25, 0.3) is 0 Å². The van der Waals surface area contributed by atoms with E-state index >= 15 is 0 Å². The number of urea groups is 1. The van der Waals surface area contributed by atoms with Gasteiger partial charge in [-0.05, 0) is 87.6 Å². The van der Waals surface area contributed by atoms with Crippen molar-refractivity contribution in [1.29, 1.82) is 0 Å². The molecule has 3 fully saturated rings. The lowest BCUT2D eigenvalue weighted by atomic mass is 9.95. The maximum absolute atomic E-state index is 13.0. The van der Waals surface area contributed by atoms with E-state index in [1.54, 1.807) is 16.1 Å². The summed E-state index contributed by atoms with van der Waals surface area (Å²) in [4.78, 5) is 45.0. The highest BCUT2D eigenvalue weighted by Gasteiger charge is 2.34. The van der Waals surface area contributed by atoms with E-state index in [-0.39, 0.29) is 35.7 Å². The predicted octanol–water partition coefficient (Wildman–Crippen LogP) is 4.45. The quantitative estimate of drug-likeness (QED) is 0.423. The van der Waals surface area contributed by atoms with Gasteiger partial charge in [0, 0.05) is 82.6 Å². The molecule has 53 heavy (non-hydrogen) atoms. The molecule has 1 atom stereocenters. The van der Waals surface area contributed by atoms with Gasteiger partial charge in [0.25, 0.3) is 0 Å². The first-order valence-electron chi connectivity index (χ1n) is 19.1. The van der Waals surface area contributed by atoms with Gasteiger partial charge in [-0.25, -0.2) is 18.0 Å². The number of ether oxygens (including phenoxy) is 1. The van der Waals surface area contributed by atoms with Crippen molar-refractivity contribution >= 4 is 33.7 Å². The number of likely N-dealkylation sites (tertiary alicyclic amines) is 2. The molecular weight excluding hydrogens is 697 g/mol. The summed E-state index contributed by atoms with van der Waals surface area (Å²) in [6.07, 6.45) is 4.71. The van der Waals surface area contributed by atoms with Crippen molar-refractivity contribution in [2.45, 2.75) is 78.3 Å². The number of anilines is 1. The number of piperazine rings is 1. The van der Waals surface area contributed by atoms with Gasteiger partial charge < -0.3 is 29.9 Å². The zero-order valence-electron chi connectivity index (χ0n) is 32.1. The SMILES string of the molecule is CCS(=O)(=O)N1CCN(C2CCN(C(=O)[C@H](C)Cc3cc(C)c(O)c(C)c3)CC2)CC1.COC(=O)N1CCC(N2CCc3ccccc3NC2=O)CC1. The second-order valence-electron chi connectivity index (χ2n) is 14.8. The van der Waals surface area contributed by atoms with Crippen LogP contribution in [0.3, 0.4) is 0 Å². The Hall–Kier alpha value is -3.88. The molecule has 0 aromatic heterocycles. The number of hydrogen-bond acceptors (Lipinski definition) is 8. The fraction of sp³-hybridized carbons (Fsp3) is 0.615. The third-order valence-electron chi connectivity index (χ3n) is 11.3. The van der Waals surface area contributed by atoms with Gasteiger partial charge in [0.05, 0.1) is 12.9 Å². The van der Waals surface area contributed by atoms with E-state index in [2.05, 4.69) is 16.3 Å². The summed E-state index contributed by atoms with van der Waals surface area (Å²) in [7, 11) is -1.70. The van der Waals surface area contributed by atoms with Crippen LogP contribution in [0.4, 0.5) is 15.3 Å². The maximum atomic E-state index is 13.0. The number of nitrogens with zero attached hydrogens (tertiary/aromatic N) is 5. The molecule has 0 aliphatic carbocycles. The number of amides is 4. The Balaban J connectivity index is 0.000000216. The first-order chi connectivity index (χ1) is 25.3. The average molecular weight is 755 g/mol. The Morgan fingerprint density at radius 2 is 1.47 bits per heavy atom. The molecule has 2 aromatic rings. The molecule has 13 nitrogen and oxygen atoms in total. The smallest absolute Gasteiger partial charge is 0.409 e. The highest BCUT2D eigenvalue weighted by atomic mass is 32.2. The lowest BCUT2D eigenvalue weighted by Gasteiger charge is -2.42. The van der Waals surface area contributed by atoms with Crippen LogP contribution in [0, 0.1) is 19.8 Å². The second kappa shape index (κ2) is 18.0. The minimum atomic E-state index is -3.10. The topological polar surface area (TPSA) is 143 Å². The molecule has 3 saturated heterocycles. The van der Waals surface area contributed by atoms with Crippen LogP contribution in [0.2, 0.25) is 0 Å². The summed E-state index contributed by atoms with van der Waals surface area (Å²) >= 11 is 0. The van der Waals surface area contributed by atoms with Gasteiger partial charge in [0.15, 0.2) is 0 Å². The number of carbonyl (C=O) groups is 3. The van der Waals surface area contributed by atoms with Crippen molar-refractivity contribution in [3.05, 3.63) is 58.7 Å².